The van der Waals surface area contributed by atoms with E-state index >= 15 is 0 Å². The van der Waals surface area contributed by atoms with Gasteiger partial charge in [-0.15, -0.1) is 0 Å². The molecule has 0 radical (unpaired) electrons. The lowest BCUT2D eigenvalue weighted by atomic mass is 10.1. The number of hydrogen-bond donors (Lipinski definition) is 2. The first-order valence-electron chi connectivity index (χ1n) is 6.42. The molecule has 2 N–H and O–H groups in total. The van der Waals surface area contributed by atoms with Crippen molar-refractivity contribution in [2.75, 3.05) is 17.2 Å². The summed E-state index contributed by atoms with van der Waals surface area (Å²) in [5, 5.41) is 6.67. The van der Waals surface area contributed by atoms with Gasteiger partial charge in [-0.1, -0.05) is 29.8 Å². The van der Waals surface area contributed by atoms with Crippen LogP contribution in [0.4, 0.5) is 11.4 Å². The van der Waals surface area contributed by atoms with Gasteiger partial charge in [0.15, 0.2) is 0 Å². The Morgan fingerprint density at radius 2 is 1.65 bits per heavy atom. The van der Waals surface area contributed by atoms with E-state index in [9.17, 15) is 4.79 Å². The zero-order valence-corrected chi connectivity index (χ0v) is 12.3. The maximum atomic E-state index is 12.0. The standard InChI is InChI=1S/C16H17ClN2O/c1-11-4-3-5-12(2)16(11)19-15(20)10-18-14-8-6-13(17)7-9-14/h3-9,18H,10H2,1-2H3,(H,19,20). The van der Waals surface area contributed by atoms with Crippen LogP contribution < -0.4 is 10.6 Å². The van der Waals surface area contributed by atoms with E-state index in [-0.39, 0.29) is 12.5 Å². The quantitative estimate of drug-likeness (QED) is 0.892. The lowest BCUT2D eigenvalue weighted by molar-refractivity contribution is -0.114. The van der Waals surface area contributed by atoms with E-state index in [1.165, 1.54) is 0 Å². The number of carbonyl (C=O) groups is 1. The Hall–Kier alpha value is -2.00. The van der Waals surface area contributed by atoms with E-state index in [0.29, 0.717) is 5.02 Å². The van der Waals surface area contributed by atoms with Gasteiger partial charge in [-0.05, 0) is 49.2 Å². The van der Waals surface area contributed by atoms with Gasteiger partial charge in [0.1, 0.15) is 0 Å². The van der Waals surface area contributed by atoms with Crippen molar-refractivity contribution in [3.05, 3.63) is 58.6 Å². The fraction of sp³-hybridized carbons (Fsp3) is 0.188. The Balaban J connectivity index is 1.94. The fourth-order valence-electron chi connectivity index (χ4n) is 1.95. The molecule has 2 aromatic rings. The van der Waals surface area contributed by atoms with Crippen LogP contribution in [-0.4, -0.2) is 12.5 Å². The summed E-state index contributed by atoms with van der Waals surface area (Å²) in [6, 6.07) is 13.2. The molecule has 2 rings (SSSR count). The maximum absolute atomic E-state index is 12.0. The van der Waals surface area contributed by atoms with Crippen molar-refractivity contribution in [3.63, 3.8) is 0 Å². The molecule has 0 aliphatic rings. The number of anilines is 2. The van der Waals surface area contributed by atoms with Crippen LogP contribution in [0.5, 0.6) is 0 Å². The Bertz CT molecular complexity index is 588. The van der Waals surface area contributed by atoms with Gasteiger partial charge in [0, 0.05) is 16.4 Å². The summed E-state index contributed by atoms with van der Waals surface area (Å²) in [4.78, 5) is 12.0. The molecule has 1 amide bonds. The van der Waals surface area contributed by atoms with E-state index in [4.69, 9.17) is 11.6 Å². The molecule has 0 saturated heterocycles. The zero-order chi connectivity index (χ0) is 14.5. The first kappa shape index (κ1) is 14.4. The predicted octanol–water partition coefficient (Wildman–Crippen LogP) is 4.01. The monoisotopic (exact) mass is 288 g/mol. The molecule has 4 heteroatoms. The summed E-state index contributed by atoms with van der Waals surface area (Å²) >= 11 is 5.81. The summed E-state index contributed by atoms with van der Waals surface area (Å²) < 4.78 is 0. The second-order valence-electron chi connectivity index (χ2n) is 4.68. The maximum Gasteiger partial charge on any atom is 0.243 e. The molecule has 0 aromatic heterocycles. The smallest absolute Gasteiger partial charge is 0.243 e. The minimum Gasteiger partial charge on any atom is -0.376 e. The molecule has 2 aromatic carbocycles. The third-order valence-electron chi connectivity index (χ3n) is 3.04. The van der Waals surface area contributed by atoms with Crippen molar-refractivity contribution < 1.29 is 4.79 Å². The lowest BCUT2D eigenvalue weighted by Crippen LogP contribution is -2.22. The summed E-state index contributed by atoms with van der Waals surface area (Å²) in [5.41, 5.74) is 3.87. The van der Waals surface area contributed by atoms with E-state index < -0.39 is 0 Å². The van der Waals surface area contributed by atoms with Gasteiger partial charge in [0.25, 0.3) is 0 Å². The molecule has 0 aliphatic carbocycles. The molecule has 0 fully saturated rings. The highest BCUT2D eigenvalue weighted by Gasteiger charge is 2.06. The van der Waals surface area contributed by atoms with Gasteiger partial charge in [-0.25, -0.2) is 0 Å². The highest BCUT2D eigenvalue weighted by molar-refractivity contribution is 6.30. The topological polar surface area (TPSA) is 41.1 Å². The number of hydrogen-bond acceptors (Lipinski definition) is 2. The highest BCUT2D eigenvalue weighted by atomic mass is 35.5. The molecule has 20 heavy (non-hydrogen) atoms. The Labute approximate surface area is 124 Å². The van der Waals surface area contributed by atoms with Crippen LogP contribution in [0.1, 0.15) is 11.1 Å². The van der Waals surface area contributed by atoms with Crippen LogP contribution in [-0.2, 0) is 4.79 Å². The van der Waals surface area contributed by atoms with Crippen molar-refractivity contribution >= 4 is 28.9 Å². The van der Waals surface area contributed by atoms with Gasteiger partial charge in [-0.3, -0.25) is 4.79 Å². The van der Waals surface area contributed by atoms with Gasteiger partial charge in [0.2, 0.25) is 5.91 Å². The number of nitrogens with one attached hydrogen (secondary N) is 2. The van der Waals surface area contributed by atoms with Crippen molar-refractivity contribution in [2.24, 2.45) is 0 Å². The summed E-state index contributed by atoms with van der Waals surface area (Å²) in [5.74, 6) is -0.0719. The molecule has 3 nitrogen and oxygen atoms in total. The second kappa shape index (κ2) is 6.44. The average Bonchev–Trinajstić information content (AvgIpc) is 2.42. The minimum atomic E-state index is -0.0719. The number of rotatable bonds is 4. The molecule has 0 atom stereocenters. The van der Waals surface area contributed by atoms with Crippen LogP contribution in [0, 0.1) is 13.8 Å². The molecule has 0 aliphatic heterocycles. The summed E-state index contributed by atoms with van der Waals surface area (Å²) in [6.45, 7) is 4.18. The van der Waals surface area contributed by atoms with Crippen molar-refractivity contribution in [2.45, 2.75) is 13.8 Å². The Morgan fingerprint density at radius 3 is 2.25 bits per heavy atom. The third-order valence-corrected chi connectivity index (χ3v) is 3.29. The van der Waals surface area contributed by atoms with Crippen molar-refractivity contribution in [1.29, 1.82) is 0 Å². The lowest BCUT2D eigenvalue weighted by Gasteiger charge is -2.12. The van der Waals surface area contributed by atoms with Gasteiger partial charge in [-0.2, -0.15) is 0 Å². The largest absolute Gasteiger partial charge is 0.376 e. The highest BCUT2D eigenvalue weighted by Crippen LogP contribution is 2.19. The predicted molar refractivity (Wildman–Crippen MR) is 84.5 cm³/mol. The number of benzene rings is 2. The number of aryl methyl sites for hydroxylation is 2. The minimum absolute atomic E-state index is 0.0719. The van der Waals surface area contributed by atoms with E-state index in [1.807, 2.05) is 44.2 Å². The van der Waals surface area contributed by atoms with Crippen LogP contribution >= 0.6 is 11.6 Å². The van der Waals surface area contributed by atoms with Crippen LogP contribution in [0.2, 0.25) is 5.02 Å². The van der Waals surface area contributed by atoms with Crippen molar-refractivity contribution in [1.82, 2.24) is 0 Å². The van der Waals surface area contributed by atoms with Crippen LogP contribution in [0.15, 0.2) is 42.5 Å². The second-order valence-corrected chi connectivity index (χ2v) is 5.11. The average molecular weight is 289 g/mol. The number of halogens is 1. The summed E-state index contributed by atoms with van der Waals surface area (Å²) in [7, 11) is 0. The fourth-order valence-corrected chi connectivity index (χ4v) is 2.07. The zero-order valence-electron chi connectivity index (χ0n) is 11.5. The van der Waals surface area contributed by atoms with Crippen LogP contribution in [0.3, 0.4) is 0 Å². The number of para-hydroxylation sites is 1. The Kier molecular flexibility index (Phi) is 4.64. The van der Waals surface area contributed by atoms with Crippen molar-refractivity contribution in [3.8, 4) is 0 Å². The van der Waals surface area contributed by atoms with Gasteiger partial charge >= 0.3 is 0 Å². The molecule has 0 saturated carbocycles. The van der Waals surface area contributed by atoms with Gasteiger partial charge < -0.3 is 10.6 Å². The molecule has 104 valence electrons. The van der Waals surface area contributed by atoms with Gasteiger partial charge in [0.05, 0.1) is 6.54 Å². The normalized spacial score (nSPS) is 10.2. The number of amides is 1. The SMILES string of the molecule is Cc1cccc(C)c1NC(=O)CNc1ccc(Cl)cc1. The van der Waals surface area contributed by atoms with E-state index in [2.05, 4.69) is 10.6 Å². The molecular formula is C16H17ClN2O. The first-order chi connectivity index (χ1) is 9.56. The number of carbonyl (C=O) groups excluding carboxylic acids is 1. The molecule has 0 bridgehead atoms. The van der Waals surface area contributed by atoms with E-state index in [0.717, 1.165) is 22.5 Å². The molecule has 0 heterocycles. The molecule has 0 spiro atoms. The Morgan fingerprint density at radius 1 is 1.05 bits per heavy atom. The summed E-state index contributed by atoms with van der Waals surface area (Å²) in [6.07, 6.45) is 0. The third kappa shape index (κ3) is 3.75. The molecule has 0 unspecified atom stereocenters. The first-order valence-corrected chi connectivity index (χ1v) is 6.79. The van der Waals surface area contributed by atoms with Crippen LogP contribution in [0.25, 0.3) is 0 Å². The van der Waals surface area contributed by atoms with E-state index in [1.54, 1.807) is 12.1 Å². The molecular weight excluding hydrogens is 272 g/mol.